The normalized spacial score (nSPS) is 15.2. The van der Waals surface area contributed by atoms with Gasteiger partial charge in [-0.2, -0.15) is 5.10 Å². The van der Waals surface area contributed by atoms with Crippen molar-refractivity contribution in [3.8, 4) is 0 Å². The molecule has 1 aliphatic carbocycles. The maximum Gasteiger partial charge on any atom is 0.349 e. The molecule has 1 aliphatic rings. The average Bonchev–Trinajstić information content (AvgIpc) is 3.09. The number of hydrogen-bond acceptors (Lipinski definition) is 5. The van der Waals surface area contributed by atoms with Gasteiger partial charge in [0.25, 0.3) is 0 Å². The number of nitrogens with one attached hydrogen (secondary N) is 3. The van der Waals surface area contributed by atoms with Gasteiger partial charge < -0.3 is 10.6 Å². The van der Waals surface area contributed by atoms with Gasteiger partial charge in [-0.25, -0.2) is 19.3 Å². The Balaban J connectivity index is 1.69. The summed E-state index contributed by atoms with van der Waals surface area (Å²) in [7, 11) is 0. The Morgan fingerprint density at radius 2 is 2.33 bits per heavy atom. The molecule has 7 heteroatoms. The molecule has 3 rings (SSSR count). The minimum atomic E-state index is -0.253. The number of aromatic amines is 1. The summed E-state index contributed by atoms with van der Waals surface area (Å²) < 4.78 is 1.45. The minimum Gasteiger partial charge on any atom is -0.369 e. The van der Waals surface area contributed by atoms with Crippen LogP contribution in [0.15, 0.2) is 10.9 Å². The third-order valence-electron chi connectivity index (χ3n) is 3.01. The molecule has 2 aromatic rings. The highest BCUT2D eigenvalue weighted by Gasteiger charge is 2.19. The van der Waals surface area contributed by atoms with Crippen LogP contribution in [0, 0.1) is 6.92 Å². The van der Waals surface area contributed by atoms with Gasteiger partial charge >= 0.3 is 5.69 Å². The molecule has 0 aromatic carbocycles. The second-order valence-electron chi connectivity index (χ2n) is 4.57. The lowest BCUT2D eigenvalue weighted by Crippen LogP contribution is -2.24. The van der Waals surface area contributed by atoms with E-state index in [2.05, 4.69) is 25.8 Å². The Bertz CT molecular complexity index is 612. The lowest BCUT2D eigenvalue weighted by molar-refractivity contribution is 0.700. The first-order valence-corrected chi connectivity index (χ1v) is 6.16. The highest BCUT2D eigenvalue weighted by Crippen LogP contribution is 2.17. The van der Waals surface area contributed by atoms with E-state index >= 15 is 0 Å². The smallest absolute Gasteiger partial charge is 0.349 e. The van der Waals surface area contributed by atoms with Crippen LogP contribution >= 0.6 is 0 Å². The van der Waals surface area contributed by atoms with Crippen molar-refractivity contribution in [2.45, 2.75) is 25.8 Å². The fraction of sp³-hybridized carbons (Fsp3) is 0.545. The minimum absolute atomic E-state index is 0.253. The second-order valence-corrected chi connectivity index (χ2v) is 4.57. The van der Waals surface area contributed by atoms with Crippen molar-refractivity contribution in [2.24, 2.45) is 0 Å². The first-order valence-electron chi connectivity index (χ1n) is 6.16. The predicted octanol–water partition coefficient (Wildman–Crippen LogP) is -0.110. The van der Waals surface area contributed by atoms with Crippen molar-refractivity contribution in [3.05, 3.63) is 22.4 Å². The van der Waals surface area contributed by atoms with Gasteiger partial charge in [0, 0.05) is 25.2 Å². The van der Waals surface area contributed by atoms with Gasteiger partial charge in [0.15, 0.2) is 5.65 Å². The van der Waals surface area contributed by atoms with Crippen LogP contribution in [0.1, 0.15) is 18.7 Å². The highest BCUT2D eigenvalue weighted by atomic mass is 16.1. The fourth-order valence-electron chi connectivity index (χ4n) is 1.94. The Hall–Kier alpha value is -1.89. The van der Waals surface area contributed by atoms with E-state index in [1.165, 1.54) is 17.2 Å². The number of hydrogen-bond donors (Lipinski definition) is 3. The number of aryl methyl sites for hydroxylation is 1. The molecule has 0 amide bonds. The Morgan fingerprint density at radius 3 is 3.11 bits per heavy atom. The zero-order chi connectivity index (χ0) is 12.5. The molecular weight excluding hydrogens is 232 g/mol. The van der Waals surface area contributed by atoms with Crippen LogP contribution in [0.25, 0.3) is 5.65 Å². The van der Waals surface area contributed by atoms with Gasteiger partial charge in [-0.3, -0.25) is 0 Å². The predicted molar refractivity (Wildman–Crippen MR) is 67.9 cm³/mol. The molecule has 18 heavy (non-hydrogen) atoms. The highest BCUT2D eigenvalue weighted by molar-refractivity contribution is 5.49. The second kappa shape index (κ2) is 4.41. The third kappa shape index (κ3) is 2.21. The largest absolute Gasteiger partial charge is 0.369 e. The van der Waals surface area contributed by atoms with E-state index in [4.69, 9.17) is 0 Å². The zero-order valence-electron chi connectivity index (χ0n) is 10.2. The summed E-state index contributed by atoms with van der Waals surface area (Å²) in [5.74, 6) is 1.38. The average molecular weight is 248 g/mol. The van der Waals surface area contributed by atoms with E-state index in [1.54, 1.807) is 13.0 Å². The van der Waals surface area contributed by atoms with Gasteiger partial charge in [0.2, 0.25) is 0 Å². The van der Waals surface area contributed by atoms with E-state index in [0.717, 1.165) is 18.9 Å². The quantitative estimate of drug-likeness (QED) is 0.643. The van der Waals surface area contributed by atoms with Crippen LogP contribution in [-0.2, 0) is 0 Å². The molecule has 2 heterocycles. The summed E-state index contributed by atoms with van der Waals surface area (Å²) in [6, 6.07) is 2.48. The molecule has 0 spiro atoms. The van der Waals surface area contributed by atoms with Crippen LogP contribution in [-0.4, -0.2) is 38.7 Å². The summed E-state index contributed by atoms with van der Waals surface area (Å²) in [4.78, 5) is 15.8. The van der Waals surface area contributed by atoms with E-state index in [-0.39, 0.29) is 5.69 Å². The van der Waals surface area contributed by atoms with Crippen LogP contribution in [0.4, 0.5) is 5.82 Å². The van der Waals surface area contributed by atoms with Crippen molar-refractivity contribution in [2.75, 3.05) is 18.4 Å². The summed E-state index contributed by atoms with van der Waals surface area (Å²) >= 11 is 0. The van der Waals surface area contributed by atoms with Crippen LogP contribution in [0.5, 0.6) is 0 Å². The molecule has 0 bridgehead atoms. The molecule has 1 saturated carbocycles. The van der Waals surface area contributed by atoms with Crippen molar-refractivity contribution < 1.29 is 0 Å². The molecule has 0 radical (unpaired) electrons. The van der Waals surface area contributed by atoms with E-state index in [0.29, 0.717) is 17.5 Å². The number of H-pyrrole nitrogens is 1. The summed E-state index contributed by atoms with van der Waals surface area (Å²) in [5.41, 5.74) is 0.335. The van der Waals surface area contributed by atoms with E-state index in [9.17, 15) is 4.79 Å². The molecule has 7 nitrogen and oxygen atoms in total. The molecule has 2 aromatic heterocycles. The number of fused-ring (bicyclic) bond motifs is 1. The van der Waals surface area contributed by atoms with Crippen LogP contribution < -0.4 is 16.3 Å². The van der Waals surface area contributed by atoms with Crippen molar-refractivity contribution in [3.63, 3.8) is 0 Å². The third-order valence-corrected chi connectivity index (χ3v) is 3.01. The van der Waals surface area contributed by atoms with Gasteiger partial charge in [-0.05, 0) is 19.8 Å². The van der Waals surface area contributed by atoms with Gasteiger partial charge in [-0.15, -0.1) is 0 Å². The molecule has 1 fully saturated rings. The zero-order valence-corrected chi connectivity index (χ0v) is 10.2. The lowest BCUT2D eigenvalue weighted by atomic mass is 10.5. The van der Waals surface area contributed by atoms with Gasteiger partial charge in [-0.1, -0.05) is 0 Å². The number of nitrogens with zero attached hydrogens (tertiary/aromatic N) is 3. The molecule has 0 aliphatic heterocycles. The van der Waals surface area contributed by atoms with E-state index in [1.807, 2.05) is 0 Å². The van der Waals surface area contributed by atoms with E-state index < -0.39 is 0 Å². The van der Waals surface area contributed by atoms with Crippen molar-refractivity contribution >= 4 is 11.5 Å². The van der Waals surface area contributed by atoms with Crippen LogP contribution in [0.3, 0.4) is 0 Å². The Labute approximate surface area is 104 Å². The lowest BCUT2D eigenvalue weighted by Gasteiger charge is -2.07. The van der Waals surface area contributed by atoms with Crippen LogP contribution in [0.2, 0.25) is 0 Å². The SMILES string of the molecule is Cc1nc(NCCNC2CC2)cc2n[nH]c(=O)n12. The molecule has 0 unspecified atom stereocenters. The standard InChI is InChI=1S/C11H16N6O/c1-7-14-9(13-5-4-12-8-2-3-8)6-10-15-16-11(18)17(7)10/h6,8,12-13H,2-5H2,1H3,(H,16,18). The van der Waals surface area contributed by atoms with Gasteiger partial charge in [0.1, 0.15) is 11.6 Å². The summed E-state index contributed by atoms with van der Waals surface area (Å²) in [6.45, 7) is 3.52. The Kier molecular flexibility index (Phi) is 2.75. The van der Waals surface area contributed by atoms with Crippen molar-refractivity contribution in [1.29, 1.82) is 0 Å². The molecule has 3 N–H and O–H groups in total. The summed E-state index contributed by atoms with van der Waals surface area (Å²) in [5, 5.41) is 13.0. The molecular formula is C11H16N6O. The first-order chi connectivity index (χ1) is 8.74. The molecule has 0 saturated heterocycles. The maximum atomic E-state index is 11.4. The summed E-state index contributed by atoms with van der Waals surface area (Å²) in [6.07, 6.45) is 2.58. The first kappa shape index (κ1) is 11.2. The fourth-order valence-corrected chi connectivity index (χ4v) is 1.94. The monoisotopic (exact) mass is 248 g/mol. The number of aromatic nitrogens is 4. The van der Waals surface area contributed by atoms with Gasteiger partial charge in [0.05, 0.1) is 0 Å². The number of rotatable bonds is 5. The maximum absolute atomic E-state index is 11.4. The molecule has 96 valence electrons. The van der Waals surface area contributed by atoms with Crippen molar-refractivity contribution in [1.82, 2.24) is 24.9 Å². The Morgan fingerprint density at radius 1 is 1.50 bits per heavy atom. The topological polar surface area (TPSA) is 87.1 Å². The number of anilines is 1. The molecule has 0 atom stereocenters.